The minimum atomic E-state index is -0.262. The highest BCUT2D eigenvalue weighted by Crippen LogP contribution is 2.44. The van der Waals surface area contributed by atoms with Gasteiger partial charge in [0.25, 0.3) is 5.91 Å². The second kappa shape index (κ2) is 9.39. The Bertz CT molecular complexity index is 1490. The van der Waals surface area contributed by atoms with Gasteiger partial charge in [0.15, 0.2) is 0 Å². The topological polar surface area (TPSA) is 57.6 Å². The van der Waals surface area contributed by atoms with Crippen molar-refractivity contribution in [3.8, 4) is 0 Å². The lowest BCUT2D eigenvalue weighted by Crippen LogP contribution is -2.51. The molecule has 188 valence electrons. The van der Waals surface area contributed by atoms with Crippen LogP contribution in [0.1, 0.15) is 39.8 Å². The number of rotatable bonds is 6. The zero-order valence-electron chi connectivity index (χ0n) is 20.8. The second-order valence-corrected chi connectivity index (χ2v) is 9.76. The van der Waals surface area contributed by atoms with E-state index >= 15 is 0 Å². The number of hydrogen-bond donors (Lipinski definition) is 1. The lowest BCUT2D eigenvalue weighted by molar-refractivity contribution is -0.121. The smallest absolute Gasteiger partial charge is 0.257 e. The molecule has 0 spiro atoms. The quantitative estimate of drug-likeness (QED) is 0.422. The summed E-state index contributed by atoms with van der Waals surface area (Å²) >= 11 is 0. The number of carbonyl (C=O) groups excluding carboxylic acids is 2. The minimum absolute atomic E-state index is 0.0280. The number of amides is 2. The molecule has 1 unspecified atom stereocenters. The molecule has 0 fully saturated rings. The fourth-order valence-electron chi connectivity index (χ4n) is 5.85. The van der Waals surface area contributed by atoms with Crippen LogP contribution >= 0.6 is 0 Å². The number of nitrogens with one attached hydrogen (secondary N) is 1. The Balaban J connectivity index is 1.27. The normalized spacial score (nSPS) is 16.4. The lowest BCUT2D eigenvalue weighted by Gasteiger charge is -2.46. The van der Waals surface area contributed by atoms with Gasteiger partial charge in [-0.2, -0.15) is 0 Å². The summed E-state index contributed by atoms with van der Waals surface area (Å²) in [6, 6.07) is 22.4. The van der Waals surface area contributed by atoms with Gasteiger partial charge < -0.3 is 19.7 Å². The number of carbonyl (C=O) groups is 2. The van der Waals surface area contributed by atoms with Gasteiger partial charge in [-0.3, -0.25) is 9.59 Å². The Morgan fingerprint density at radius 3 is 2.62 bits per heavy atom. The van der Waals surface area contributed by atoms with Crippen LogP contribution in [-0.4, -0.2) is 41.4 Å². The average Bonchev–Trinajstić information content (AvgIpc) is 3.25. The van der Waals surface area contributed by atoms with E-state index in [4.69, 9.17) is 0 Å². The second-order valence-electron chi connectivity index (χ2n) is 9.76. The van der Waals surface area contributed by atoms with Crippen LogP contribution in [0.2, 0.25) is 0 Å². The third-order valence-electron chi connectivity index (χ3n) is 7.62. The summed E-state index contributed by atoms with van der Waals surface area (Å²) in [5.74, 6) is -0.234. The first kappa shape index (κ1) is 23.3. The number of halogens is 1. The Labute approximate surface area is 215 Å². The van der Waals surface area contributed by atoms with Gasteiger partial charge in [-0.1, -0.05) is 42.5 Å². The highest BCUT2D eigenvalue weighted by atomic mass is 19.1. The van der Waals surface area contributed by atoms with Gasteiger partial charge in [0.05, 0.1) is 16.9 Å². The van der Waals surface area contributed by atoms with Crippen LogP contribution in [0.5, 0.6) is 0 Å². The number of nitrogens with zero attached hydrogens (tertiary/aromatic N) is 3. The van der Waals surface area contributed by atoms with Crippen LogP contribution in [0, 0.1) is 5.82 Å². The van der Waals surface area contributed by atoms with E-state index in [2.05, 4.69) is 26.9 Å². The summed E-state index contributed by atoms with van der Waals surface area (Å²) in [5, 5.41) is 4.19. The van der Waals surface area contributed by atoms with Crippen molar-refractivity contribution in [3.63, 3.8) is 0 Å². The SMILES string of the molecule is CN1c2ccccc2C(=O)N2CCc3c(n(CCC(=O)NCCc4ccc(F)cc4)c4ccccc34)C21. The molecular formula is C30H29FN4O2. The predicted molar refractivity (Wildman–Crippen MR) is 142 cm³/mol. The van der Waals surface area contributed by atoms with Gasteiger partial charge in [0.2, 0.25) is 5.91 Å². The first-order valence-corrected chi connectivity index (χ1v) is 12.8. The zero-order chi connectivity index (χ0) is 25.5. The van der Waals surface area contributed by atoms with Crippen molar-refractivity contribution >= 4 is 28.4 Å². The molecule has 2 amide bonds. The van der Waals surface area contributed by atoms with E-state index in [9.17, 15) is 14.0 Å². The van der Waals surface area contributed by atoms with Gasteiger partial charge in [0.1, 0.15) is 12.0 Å². The van der Waals surface area contributed by atoms with Crippen molar-refractivity contribution in [2.75, 3.05) is 25.0 Å². The molecule has 0 saturated heterocycles. The monoisotopic (exact) mass is 496 g/mol. The van der Waals surface area contributed by atoms with Crippen molar-refractivity contribution in [3.05, 3.63) is 101 Å². The average molecular weight is 497 g/mol. The fourth-order valence-corrected chi connectivity index (χ4v) is 5.85. The van der Waals surface area contributed by atoms with Crippen molar-refractivity contribution in [1.29, 1.82) is 0 Å². The van der Waals surface area contributed by atoms with Crippen molar-refractivity contribution < 1.29 is 14.0 Å². The van der Waals surface area contributed by atoms with E-state index in [0.29, 0.717) is 32.5 Å². The molecule has 7 heteroatoms. The molecule has 6 nitrogen and oxygen atoms in total. The molecule has 2 aliphatic rings. The summed E-state index contributed by atoms with van der Waals surface area (Å²) in [7, 11) is 2.04. The highest BCUT2D eigenvalue weighted by molar-refractivity contribution is 6.02. The molecule has 0 bridgehead atoms. The molecular weight excluding hydrogens is 467 g/mol. The van der Waals surface area contributed by atoms with E-state index in [1.807, 2.05) is 48.3 Å². The molecule has 0 saturated carbocycles. The lowest BCUT2D eigenvalue weighted by atomic mass is 9.96. The third kappa shape index (κ3) is 4.04. The number of benzene rings is 3. The zero-order valence-corrected chi connectivity index (χ0v) is 20.8. The van der Waals surface area contributed by atoms with Crippen LogP contribution in [0.25, 0.3) is 10.9 Å². The number of aromatic nitrogens is 1. The van der Waals surface area contributed by atoms with Gasteiger partial charge in [-0.15, -0.1) is 0 Å². The van der Waals surface area contributed by atoms with Crippen LogP contribution in [0.3, 0.4) is 0 Å². The van der Waals surface area contributed by atoms with E-state index in [1.54, 1.807) is 12.1 Å². The number of fused-ring (bicyclic) bond motifs is 6. The Morgan fingerprint density at radius 2 is 1.78 bits per heavy atom. The Kier molecular flexibility index (Phi) is 5.91. The van der Waals surface area contributed by atoms with Crippen LogP contribution in [0.15, 0.2) is 72.8 Å². The molecule has 6 rings (SSSR count). The van der Waals surface area contributed by atoms with Gasteiger partial charge in [-0.05, 0) is 54.3 Å². The molecule has 4 aromatic rings. The molecule has 1 N–H and O–H groups in total. The molecule has 2 aliphatic heterocycles. The third-order valence-corrected chi connectivity index (χ3v) is 7.62. The fraction of sp³-hybridized carbons (Fsp3) is 0.267. The molecule has 37 heavy (non-hydrogen) atoms. The largest absolute Gasteiger partial charge is 0.356 e. The van der Waals surface area contributed by atoms with E-state index in [-0.39, 0.29) is 23.8 Å². The number of aryl methyl sites for hydroxylation is 1. The van der Waals surface area contributed by atoms with Gasteiger partial charge in [0, 0.05) is 44.0 Å². The Morgan fingerprint density at radius 1 is 1.03 bits per heavy atom. The first-order valence-electron chi connectivity index (χ1n) is 12.8. The summed E-state index contributed by atoms with van der Waals surface area (Å²) in [6.07, 6.45) is 1.54. The summed E-state index contributed by atoms with van der Waals surface area (Å²) < 4.78 is 15.4. The van der Waals surface area contributed by atoms with Crippen molar-refractivity contribution in [1.82, 2.24) is 14.8 Å². The standard InChI is InChI=1S/C30H29FN4O2/c1-33-25-8-4-3-7-24(25)30(37)35-18-15-23-22-6-2-5-9-26(22)34(28(23)29(33)35)19-16-27(36)32-17-14-20-10-12-21(31)13-11-20/h2-13,29H,14-19H2,1H3,(H,32,36). The maximum absolute atomic E-state index is 13.5. The van der Waals surface area contributed by atoms with E-state index in [1.165, 1.54) is 23.1 Å². The van der Waals surface area contributed by atoms with Crippen LogP contribution < -0.4 is 10.2 Å². The molecule has 1 aromatic heterocycles. The van der Waals surface area contributed by atoms with Crippen LogP contribution in [-0.2, 0) is 24.2 Å². The molecule has 0 aliphatic carbocycles. The number of hydrogen-bond acceptors (Lipinski definition) is 3. The predicted octanol–water partition coefficient (Wildman–Crippen LogP) is 4.68. The molecule has 3 aromatic carbocycles. The number of para-hydroxylation sites is 2. The summed E-state index contributed by atoms with van der Waals surface area (Å²) in [6.45, 7) is 1.68. The van der Waals surface area contributed by atoms with Gasteiger partial charge >= 0.3 is 0 Å². The van der Waals surface area contributed by atoms with Crippen molar-refractivity contribution in [2.45, 2.75) is 32.0 Å². The van der Waals surface area contributed by atoms with Crippen molar-refractivity contribution in [2.24, 2.45) is 0 Å². The van der Waals surface area contributed by atoms with E-state index < -0.39 is 0 Å². The summed E-state index contributed by atoms with van der Waals surface area (Å²) in [5.41, 5.74) is 6.08. The first-order chi connectivity index (χ1) is 18.0. The minimum Gasteiger partial charge on any atom is -0.356 e. The maximum Gasteiger partial charge on any atom is 0.257 e. The highest BCUT2D eigenvalue weighted by Gasteiger charge is 2.42. The molecule has 0 radical (unpaired) electrons. The maximum atomic E-state index is 13.5. The summed E-state index contributed by atoms with van der Waals surface area (Å²) in [4.78, 5) is 30.4. The van der Waals surface area contributed by atoms with E-state index in [0.717, 1.165) is 34.4 Å². The Hall–Kier alpha value is -4.13. The molecule has 1 atom stereocenters. The van der Waals surface area contributed by atoms with Gasteiger partial charge in [-0.25, -0.2) is 4.39 Å². The molecule has 3 heterocycles. The number of anilines is 1. The van der Waals surface area contributed by atoms with Crippen LogP contribution in [0.4, 0.5) is 10.1 Å².